The van der Waals surface area contributed by atoms with E-state index in [4.69, 9.17) is 9.97 Å². The molecule has 7 aromatic carbocycles. The Morgan fingerprint density at radius 3 is 1.79 bits per heavy atom. The highest BCUT2D eigenvalue weighted by atomic mass is 14.9. The summed E-state index contributed by atoms with van der Waals surface area (Å²) < 4.78 is 0. The van der Waals surface area contributed by atoms with Crippen LogP contribution in [0.5, 0.6) is 0 Å². The Hall–Kier alpha value is -5.86. The van der Waals surface area contributed by atoms with Gasteiger partial charge in [-0.15, -0.1) is 0 Å². The topological polar surface area (TPSA) is 25.8 Å². The fraction of sp³-hybridized carbons (Fsp3) is 0.0667. The Balaban J connectivity index is 1.31. The van der Waals surface area contributed by atoms with Gasteiger partial charge in [-0.3, -0.25) is 0 Å². The molecule has 1 aromatic heterocycles. The first kappa shape index (κ1) is 27.5. The highest BCUT2D eigenvalue weighted by molar-refractivity contribution is 6.01. The lowest BCUT2D eigenvalue weighted by Gasteiger charge is -2.22. The van der Waals surface area contributed by atoms with E-state index in [-0.39, 0.29) is 5.41 Å². The van der Waals surface area contributed by atoms with Crippen LogP contribution in [0.2, 0.25) is 0 Å². The fourth-order valence-corrected chi connectivity index (χ4v) is 7.53. The molecule has 8 aromatic rings. The van der Waals surface area contributed by atoms with Gasteiger partial charge < -0.3 is 0 Å². The molecule has 1 aliphatic carbocycles. The molecule has 0 N–H and O–H groups in total. The minimum Gasteiger partial charge on any atom is -0.228 e. The Labute approximate surface area is 275 Å². The summed E-state index contributed by atoms with van der Waals surface area (Å²) in [6, 6.07) is 56.4. The first-order valence-corrected chi connectivity index (χ1v) is 16.3. The van der Waals surface area contributed by atoms with Gasteiger partial charge in [-0.05, 0) is 73.1 Å². The molecule has 0 unspecified atom stereocenters. The van der Waals surface area contributed by atoms with Crippen molar-refractivity contribution in [2.45, 2.75) is 19.3 Å². The summed E-state index contributed by atoms with van der Waals surface area (Å²) in [5.41, 5.74) is 12.5. The van der Waals surface area contributed by atoms with Crippen molar-refractivity contribution in [3.63, 3.8) is 0 Å². The van der Waals surface area contributed by atoms with Crippen LogP contribution in [-0.2, 0) is 5.41 Å². The molecule has 0 radical (unpaired) electrons. The van der Waals surface area contributed by atoms with Gasteiger partial charge in [-0.2, -0.15) is 0 Å². The van der Waals surface area contributed by atoms with Crippen molar-refractivity contribution in [3.05, 3.63) is 169 Å². The van der Waals surface area contributed by atoms with Gasteiger partial charge in [-0.25, -0.2) is 9.97 Å². The Morgan fingerprint density at radius 2 is 0.979 bits per heavy atom. The number of fused-ring (bicyclic) bond motifs is 5. The zero-order chi connectivity index (χ0) is 31.5. The lowest BCUT2D eigenvalue weighted by molar-refractivity contribution is 0.661. The van der Waals surface area contributed by atoms with Crippen LogP contribution in [0.25, 0.3) is 77.7 Å². The second-order valence-corrected chi connectivity index (χ2v) is 13.0. The van der Waals surface area contributed by atoms with Gasteiger partial charge >= 0.3 is 0 Å². The quantitative estimate of drug-likeness (QED) is 0.201. The average Bonchev–Trinajstić information content (AvgIpc) is 3.36. The lowest BCUT2D eigenvalue weighted by atomic mass is 9.81. The monoisotopic (exact) mass is 600 g/mol. The van der Waals surface area contributed by atoms with Crippen LogP contribution in [0.4, 0.5) is 0 Å². The molecule has 0 bridgehead atoms. The van der Waals surface area contributed by atoms with E-state index in [1.807, 2.05) is 6.07 Å². The molecule has 0 saturated heterocycles. The van der Waals surface area contributed by atoms with E-state index < -0.39 is 0 Å². The third kappa shape index (κ3) is 4.40. The molecule has 0 fully saturated rings. The average molecular weight is 601 g/mol. The highest BCUT2D eigenvalue weighted by Gasteiger charge is 2.37. The number of benzene rings is 7. The van der Waals surface area contributed by atoms with Crippen LogP contribution in [0.3, 0.4) is 0 Å². The molecule has 2 heteroatoms. The van der Waals surface area contributed by atoms with Crippen LogP contribution in [0.15, 0.2) is 158 Å². The maximum absolute atomic E-state index is 5.30. The Morgan fingerprint density at radius 1 is 0.404 bits per heavy atom. The fourth-order valence-electron chi connectivity index (χ4n) is 7.53. The largest absolute Gasteiger partial charge is 0.228 e. The van der Waals surface area contributed by atoms with Crippen molar-refractivity contribution in [2.24, 2.45) is 0 Å². The Bertz CT molecular complexity index is 2490. The molecular formula is C45H32N2. The first-order valence-electron chi connectivity index (χ1n) is 16.3. The van der Waals surface area contributed by atoms with E-state index >= 15 is 0 Å². The molecule has 0 atom stereocenters. The molecule has 47 heavy (non-hydrogen) atoms. The number of nitrogens with zero attached hydrogens (tertiary/aromatic N) is 2. The van der Waals surface area contributed by atoms with E-state index in [0.29, 0.717) is 0 Å². The van der Waals surface area contributed by atoms with Gasteiger partial charge in [0.2, 0.25) is 0 Å². The van der Waals surface area contributed by atoms with Gasteiger partial charge in [0.05, 0.1) is 11.4 Å². The Kier molecular flexibility index (Phi) is 6.20. The smallest absolute Gasteiger partial charge is 0.160 e. The van der Waals surface area contributed by atoms with Crippen molar-refractivity contribution in [1.29, 1.82) is 0 Å². The predicted octanol–water partition coefficient (Wildman–Crippen LogP) is 11.8. The number of hydrogen-bond donors (Lipinski definition) is 0. The van der Waals surface area contributed by atoms with Crippen LogP contribution in [-0.4, -0.2) is 9.97 Å². The van der Waals surface area contributed by atoms with Gasteiger partial charge in [0.1, 0.15) is 0 Å². The van der Waals surface area contributed by atoms with Gasteiger partial charge in [0.25, 0.3) is 0 Å². The molecular weight excluding hydrogens is 569 g/mol. The van der Waals surface area contributed by atoms with Gasteiger partial charge in [0, 0.05) is 22.1 Å². The molecule has 1 aliphatic rings. The summed E-state index contributed by atoms with van der Waals surface area (Å²) in [5, 5.41) is 4.98. The van der Waals surface area contributed by atoms with Crippen LogP contribution in [0, 0.1) is 0 Å². The van der Waals surface area contributed by atoms with Crippen molar-refractivity contribution >= 4 is 21.5 Å². The predicted molar refractivity (Wildman–Crippen MR) is 196 cm³/mol. The summed E-state index contributed by atoms with van der Waals surface area (Å²) >= 11 is 0. The molecule has 9 rings (SSSR count). The van der Waals surface area contributed by atoms with E-state index in [9.17, 15) is 0 Å². The maximum atomic E-state index is 5.30. The maximum Gasteiger partial charge on any atom is 0.160 e. The molecule has 0 saturated carbocycles. The molecule has 222 valence electrons. The molecule has 1 heterocycles. The van der Waals surface area contributed by atoms with Crippen molar-refractivity contribution in [3.8, 4) is 56.2 Å². The van der Waals surface area contributed by atoms with Crippen molar-refractivity contribution < 1.29 is 0 Å². The number of hydrogen-bond acceptors (Lipinski definition) is 2. The van der Waals surface area contributed by atoms with Crippen molar-refractivity contribution in [1.82, 2.24) is 9.97 Å². The highest BCUT2D eigenvalue weighted by Crippen LogP contribution is 2.53. The van der Waals surface area contributed by atoms with Crippen LogP contribution in [0.1, 0.15) is 25.0 Å². The minimum atomic E-state index is -0.135. The third-order valence-electron chi connectivity index (χ3n) is 9.88. The summed E-state index contributed by atoms with van der Waals surface area (Å²) in [6.07, 6.45) is 0. The second kappa shape index (κ2) is 10.6. The summed E-state index contributed by atoms with van der Waals surface area (Å²) in [7, 11) is 0. The molecule has 0 spiro atoms. The first-order chi connectivity index (χ1) is 23.1. The molecule has 0 amide bonds. The minimum absolute atomic E-state index is 0.135. The summed E-state index contributed by atoms with van der Waals surface area (Å²) in [6.45, 7) is 4.69. The normalized spacial score (nSPS) is 13.1. The third-order valence-corrected chi connectivity index (χ3v) is 9.88. The standard InChI is InChI=1S/C45H32N2/c1-45(2)39-25-13-24-37(43(39)38-26-31-17-6-7-18-32(31)27-40(38)45)42-28-41(46-44(47-42)30-15-4-3-5-16-30)36-22-11-10-21-35(36)34-23-12-19-29-14-8-9-20-33(29)34/h3-28H,1-2H3. The zero-order valence-electron chi connectivity index (χ0n) is 26.4. The van der Waals surface area contributed by atoms with E-state index in [1.165, 1.54) is 49.4 Å². The number of aromatic nitrogens is 2. The van der Waals surface area contributed by atoms with Crippen LogP contribution < -0.4 is 0 Å². The van der Waals surface area contributed by atoms with E-state index in [1.54, 1.807) is 0 Å². The van der Waals surface area contributed by atoms with Crippen molar-refractivity contribution in [2.75, 3.05) is 0 Å². The van der Waals surface area contributed by atoms with E-state index in [0.717, 1.165) is 39.5 Å². The summed E-state index contributed by atoms with van der Waals surface area (Å²) in [5.74, 6) is 0.722. The SMILES string of the molecule is CC1(C)c2cc3ccccc3cc2-c2c(-c3cc(-c4ccccc4-c4cccc5ccccc45)nc(-c4ccccc4)n3)cccc21. The lowest BCUT2D eigenvalue weighted by Crippen LogP contribution is -2.14. The zero-order valence-corrected chi connectivity index (χ0v) is 26.4. The molecule has 0 aliphatic heterocycles. The summed E-state index contributed by atoms with van der Waals surface area (Å²) in [4.78, 5) is 10.6. The second-order valence-electron chi connectivity index (χ2n) is 13.0. The molecule has 2 nitrogen and oxygen atoms in total. The number of rotatable bonds is 4. The van der Waals surface area contributed by atoms with Crippen LogP contribution >= 0.6 is 0 Å². The van der Waals surface area contributed by atoms with E-state index in [2.05, 4.69) is 166 Å². The van der Waals surface area contributed by atoms with Gasteiger partial charge in [-0.1, -0.05) is 153 Å². The van der Waals surface area contributed by atoms with Gasteiger partial charge in [0.15, 0.2) is 5.82 Å².